The van der Waals surface area contributed by atoms with Crippen molar-refractivity contribution in [1.29, 1.82) is 0 Å². The molecule has 2 aromatic carbocycles. The molecule has 0 heterocycles. The van der Waals surface area contributed by atoms with Crippen molar-refractivity contribution in [1.82, 2.24) is 0 Å². The average Bonchev–Trinajstić information content (AvgIpc) is 3.25. The fourth-order valence-corrected chi connectivity index (χ4v) is 4.27. The number of rotatable bonds is 4. The maximum atomic E-state index is 12.7. The first-order valence-corrected chi connectivity index (χ1v) is 9.57. The Hall–Kier alpha value is -3.15. The summed E-state index contributed by atoms with van der Waals surface area (Å²) >= 11 is 0. The van der Waals surface area contributed by atoms with E-state index in [0.717, 1.165) is 18.4 Å². The Bertz CT molecular complexity index is 926. The van der Waals surface area contributed by atoms with E-state index in [0.29, 0.717) is 29.4 Å². The van der Waals surface area contributed by atoms with Crippen molar-refractivity contribution in [3.8, 4) is 0 Å². The van der Waals surface area contributed by atoms with Crippen LogP contribution in [0.25, 0.3) is 0 Å². The van der Waals surface area contributed by atoms with Crippen LogP contribution in [0.3, 0.4) is 0 Å². The summed E-state index contributed by atoms with van der Waals surface area (Å²) in [6.45, 7) is 1.90. The number of benzene rings is 2. The number of carbonyl (C=O) groups excluding carboxylic acids is 3. The van der Waals surface area contributed by atoms with Gasteiger partial charge in [0, 0.05) is 35.3 Å². The van der Waals surface area contributed by atoms with Gasteiger partial charge in [-0.1, -0.05) is 24.3 Å². The molecule has 2 aromatic rings. The highest BCUT2D eigenvalue weighted by Crippen LogP contribution is 2.46. The Morgan fingerprint density at radius 2 is 1.68 bits per heavy atom. The lowest BCUT2D eigenvalue weighted by Gasteiger charge is -2.21. The molecule has 28 heavy (non-hydrogen) atoms. The Kier molecular flexibility index (Phi) is 4.86. The third-order valence-corrected chi connectivity index (χ3v) is 5.69. The summed E-state index contributed by atoms with van der Waals surface area (Å²) in [4.78, 5) is 36.9. The second-order valence-corrected chi connectivity index (χ2v) is 7.68. The molecular weight excluding hydrogens is 354 g/mol. The highest BCUT2D eigenvalue weighted by atomic mass is 16.2. The zero-order valence-corrected chi connectivity index (χ0v) is 15.7. The molecular formula is C22H23N3O3. The third-order valence-electron chi connectivity index (χ3n) is 5.69. The fourth-order valence-electron chi connectivity index (χ4n) is 4.27. The van der Waals surface area contributed by atoms with Gasteiger partial charge in [0.15, 0.2) is 0 Å². The zero-order valence-electron chi connectivity index (χ0n) is 15.7. The molecule has 3 N–H and O–H groups in total. The van der Waals surface area contributed by atoms with Gasteiger partial charge in [-0.25, -0.2) is 4.79 Å². The molecule has 6 nitrogen and oxygen atoms in total. The standard InChI is InChI=1S/C22H23N3O3/c1-13-7-8-16(24-22(28)23-15-5-3-2-4-6-15)12-19(13)25-21(27)18-10-14-9-17(18)20(26)11-14/h2-8,12,14,17-18H,9-11H2,1H3,(H,25,27)(H2,23,24,28)/t14-,17+,18?/m0/s1. The molecule has 2 aliphatic rings. The molecule has 3 amide bonds. The summed E-state index contributed by atoms with van der Waals surface area (Å²) in [6.07, 6.45) is 2.26. The van der Waals surface area contributed by atoms with E-state index in [1.165, 1.54) is 0 Å². The van der Waals surface area contributed by atoms with E-state index in [1.54, 1.807) is 24.3 Å². The number of ketones is 1. The van der Waals surface area contributed by atoms with Gasteiger partial charge in [-0.15, -0.1) is 0 Å². The molecule has 0 spiro atoms. The van der Waals surface area contributed by atoms with Crippen LogP contribution < -0.4 is 16.0 Å². The second-order valence-electron chi connectivity index (χ2n) is 7.68. The summed E-state index contributed by atoms with van der Waals surface area (Å²) in [5.41, 5.74) is 2.83. The quantitative estimate of drug-likeness (QED) is 0.746. The predicted molar refractivity (Wildman–Crippen MR) is 108 cm³/mol. The summed E-state index contributed by atoms with van der Waals surface area (Å²) < 4.78 is 0. The van der Waals surface area contributed by atoms with E-state index < -0.39 is 0 Å². The van der Waals surface area contributed by atoms with E-state index in [1.807, 2.05) is 31.2 Å². The molecule has 3 atom stereocenters. The molecule has 2 bridgehead atoms. The minimum Gasteiger partial charge on any atom is -0.326 e. The molecule has 6 heteroatoms. The van der Waals surface area contributed by atoms with Crippen molar-refractivity contribution >= 4 is 34.8 Å². The van der Waals surface area contributed by atoms with E-state index in [4.69, 9.17) is 0 Å². The van der Waals surface area contributed by atoms with Gasteiger partial charge in [-0.05, 0) is 55.5 Å². The number of urea groups is 1. The average molecular weight is 377 g/mol. The Balaban J connectivity index is 1.41. The topological polar surface area (TPSA) is 87.3 Å². The Morgan fingerprint density at radius 3 is 2.39 bits per heavy atom. The number of carbonyl (C=O) groups is 3. The highest BCUT2D eigenvalue weighted by Gasteiger charge is 2.48. The molecule has 4 rings (SSSR count). The number of hydrogen-bond donors (Lipinski definition) is 3. The lowest BCUT2D eigenvalue weighted by atomic mass is 9.87. The SMILES string of the molecule is Cc1ccc(NC(=O)Nc2ccccc2)cc1NC(=O)C1C[C@H]2CC(=O)[C@@H]1C2. The van der Waals surface area contributed by atoms with Gasteiger partial charge >= 0.3 is 6.03 Å². The van der Waals surface area contributed by atoms with Gasteiger partial charge in [0.1, 0.15) is 5.78 Å². The van der Waals surface area contributed by atoms with E-state index >= 15 is 0 Å². The number of aryl methyl sites for hydroxylation is 1. The first kappa shape index (κ1) is 18.2. The lowest BCUT2D eigenvalue weighted by molar-refractivity contribution is -0.130. The maximum Gasteiger partial charge on any atom is 0.323 e. The van der Waals surface area contributed by atoms with E-state index in [2.05, 4.69) is 16.0 Å². The highest BCUT2D eigenvalue weighted by molar-refractivity contribution is 6.01. The van der Waals surface area contributed by atoms with Crippen LogP contribution in [0.1, 0.15) is 24.8 Å². The molecule has 2 saturated carbocycles. The molecule has 144 valence electrons. The van der Waals surface area contributed by atoms with Crippen LogP contribution in [0.5, 0.6) is 0 Å². The largest absolute Gasteiger partial charge is 0.326 e. The van der Waals surface area contributed by atoms with Gasteiger partial charge in [0.2, 0.25) is 5.91 Å². The number of amides is 3. The lowest BCUT2D eigenvalue weighted by Crippen LogP contribution is -2.31. The van der Waals surface area contributed by atoms with Crippen LogP contribution in [0, 0.1) is 24.7 Å². The minimum absolute atomic E-state index is 0.102. The molecule has 1 unspecified atom stereocenters. The monoisotopic (exact) mass is 377 g/mol. The van der Waals surface area contributed by atoms with Crippen LogP contribution >= 0.6 is 0 Å². The maximum absolute atomic E-state index is 12.7. The number of Topliss-reactive ketones (excluding diaryl/α,β-unsaturated/α-hetero) is 1. The van der Waals surface area contributed by atoms with Gasteiger partial charge < -0.3 is 16.0 Å². The number of para-hydroxylation sites is 1. The molecule has 0 aromatic heterocycles. The van der Waals surface area contributed by atoms with Crippen molar-refractivity contribution < 1.29 is 14.4 Å². The van der Waals surface area contributed by atoms with E-state index in [-0.39, 0.29) is 29.6 Å². The fraction of sp³-hybridized carbons (Fsp3) is 0.318. The summed E-state index contributed by atoms with van der Waals surface area (Å²) in [7, 11) is 0. The Labute approximate surface area is 163 Å². The van der Waals surface area contributed by atoms with Crippen LogP contribution in [0.2, 0.25) is 0 Å². The van der Waals surface area contributed by atoms with E-state index in [9.17, 15) is 14.4 Å². The zero-order chi connectivity index (χ0) is 19.7. The number of fused-ring (bicyclic) bond motifs is 2. The number of hydrogen-bond acceptors (Lipinski definition) is 3. The van der Waals surface area contributed by atoms with Gasteiger partial charge in [0.25, 0.3) is 0 Å². The smallest absolute Gasteiger partial charge is 0.323 e. The van der Waals surface area contributed by atoms with Crippen molar-refractivity contribution in [3.05, 3.63) is 54.1 Å². The van der Waals surface area contributed by atoms with Crippen LogP contribution in [0.4, 0.5) is 21.9 Å². The normalized spacial score (nSPS) is 22.8. The second kappa shape index (κ2) is 7.46. The first-order chi connectivity index (χ1) is 13.5. The molecule has 0 aliphatic heterocycles. The molecule has 2 aliphatic carbocycles. The van der Waals surface area contributed by atoms with Crippen molar-refractivity contribution in [3.63, 3.8) is 0 Å². The Morgan fingerprint density at radius 1 is 0.929 bits per heavy atom. The first-order valence-electron chi connectivity index (χ1n) is 9.57. The minimum atomic E-state index is -0.356. The summed E-state index contributed by atoms with van der Waals surface area (Å²) in [5.74, 6) is 0.131. The summed E-state index contributed by atoms with van der Waals surface area (Å²) in [6, 6.07) is 14.2. The predicted octanol–water partition coefficient (Wildman–Crippen LogP) is 4.19. The van der Waals surface area contributed by atoms with Gasteiger partial charge in [-0.2, -0.15) is 0 Å². The number of nitrogens with one attached hydrogen (secondary N) is 3. The molecule has 2 fully saturated rings. The van der Waals surface area contributed by atoms with Crippen LogP contribution in [-0.2, 0) is 9.59 Å². The number of anilines is 3. The van der Waals surface area contributed by atoms with Crippen molar-refractivity contribution in [2.75, 3.05) is 16.0 Å². The molecule has 0 radical (unpaired) electrons. The summed E-state index contributed by atoms with van der Waals surface area (Å²) in [5, 5.41) is 8.50. The van der Waals surface area contributed by atoms with Crippen molar-refractivity contribution in [2.45, 2.75) is 26.2 Å². The third kappa shape index (κ3) is 3.76. The van der Waals surface area contributed by atoms with Crippen LogP contribution in [0.15, 0.2) is 48.5 Å². The molecule has 0 saturated heterocycles. The van der Waals surface area contributed by atoms with Crippen molar-refractivity contribution in [2.24, 2.45) is 17.8 Å². The van der Waals surface area contributed by atoms with Crippen LogP contribution in [-0.4, -0.2) is 17.7 Å². The van der Waals surface area contributed by atoms with Gasteiger partial charge in [0.05, 0.1) is 0 Å². The van der Waals surface area contributed by atoms with Gasteiger partial charge in [-0.3, -0.25) is 9.59 Å².